The third-order valence-electron chi connectivity index (χ3n) is 3.15. The van der Waals surface area contributed by atoms with E-state index >= 15 is 0 Å². The summed E-state index contributed by atoms with van der Waals surface area (Å²) >= 11 is 5.60. The Morgan fingerprint density at radius 1 is 1.05 bits per heavy atom. The number of amides is 1. The minimum atomic E-state index is -0.00668. The zero-order valence-electron chi connectivity index (χ0n) is 12.6. The van der Waals surface area contributed by atoms with Crippen LogP contribution in [0.5, 0.6) is 0 Å². The standard InChI is InChI=1S/C17H18ClN3O/c1-21(2)17(22)14-5-3-12(4-6-14)13-7-9-15(10-8-13)20-16(19)11-18/h3-10H,11H2,1-2H3,(H2,19,20). The summed E-state index contributed by atoms with van der Waals surface area (Å²) in [5.74, 6) is 0.595. The molecule has 4 nitrogen and oxygen atoms in total. The lowest BCUT2D eigenvalue weighted by atomic mass is 10.0. The number of hydrogen-bond acceptors (Lipinski definition) is 2. The van der Waals surface area contributed by atoms with Crippen LogP contribution < -0.4 is 5.73 Å². The Morgan fingerprint density at radius 2 is 1.55 bits per heavy atom. The number of benzene rings is 2. The van der Waals surface area contributed by atoms with E-state index in [2.05, 4.69) is 4.99 Å². The summed E-state index contributed by atoms with van der Waals surface area (Å²) in [7, 11) is 3.48. The highest BCUT2D eigenvalue weighted by molar-refractivity contribution is 6.28. The van der Waals surface area contributed by atoms with E-state index in [0.29, 0.717) is 11.4 Å². The summed E-state index contributed by atoms with van der Waals surface area (Å²) in [4.78, 5) is 17.6. The summed E-state index contributed by atoms with van der Waals surface area (Å²) in [5, 5.41) is 0. The molecule has 0 aliphatic rings. The Kier molecular flexibility index (Phi) is 5.17. The number of carbonyl (C=O) groups excluding carboxylic acids is 1. The van der Waals surface area contributed by atoms with Gasteiger partial charge in [-0.15, -0.1) is 11.6 Å². The molecule has 2 aromatic rings. The predicted octanol–water partition coefficient (Wildman–Crippen LogP) is 3.28. The monoisotopic (exact) mass is 315 g/mol. The van der Waals surface area contributed by atoms with Crippen molar-refractivity contribution in [3.8, 4) is 11.1 Å². The zero-order chi connectivity index (χ0) is 16.1. The first-order chi connectivity index (χ1) is 10.5. The molecule has 22 heavy (non-hydrogen) atoms. The molecule has 0 fully saturated rings. The van der Waals surface area contributed by atoms with E-state index in [4.69, 9.17) is 17.3 Å². The van der Waals surface area contributed by atoms with Crippen LogP contribution in [0.1, 0.15) is 10.4 Å². The molecule has 114 valence electrons. The van der Waals surface area contributed by atoms with Crippen LogP contribution in [0.15, 0.2) is 53.5 Å². The maximum atomic E-state index is 11.9. The Morgan fingerprint density at radius 3 is 2.00 bits per heavy atom. The lowest BCUT2D eigenvalue weighted by molar-refractivity contribution is 0.0827. The number of halogens is 1. The van der Waals surface area contributed by atoms with Crippen LogP contribution in [0.2, 0.25) is 0 Å². The fraction of sp³-hybridized carbons (Fsp3) is 0.176. The fourth-order valence-corrected chi connectivity index (χ4v) is 2.05. The van der Waals surface area contributed by atoms with E-state index in [9.17, 15) is 4.79 Å². The molecule has 0 spiro atoms. The molecular weight excluding hydrogens is 298 g/mol. The van der Waals surface area contributed by atoms with Gasteiger partial charge in [-0.2, -0.15) is 0 Å². The first kappa shape index (κ1) is 16.0. The molecule has 0 unspecified atom stereocenters. The molecule has 2 rings (SSSR count). The van der Waals surface area contributed by atoms with Crippen molar-refractivity contribution in [2.24, 2.45) is 10.7 Å². The maximum absolute atomic E-state index is 11.9. The topological polar surface area (TPSA) is 58.7 Å². The fourth-order valence-electron chi connectivity index (χ4n) is 1.99. The molecular formula is C17H18ClN3O. The zero-order valence-corrected chi connectivity index (χ0v) is 13.3. The van der Waals surface area contributed by atoms with Gasteiger partial charge in [0.2, 0.25) is 0 Å². The molecule has 0 saturated carbocycles. The van der Waals surface area contributed by atoms with Crippen molar-refractivity contribution < 1.29 is 4.79 Å². The number of alkyl halides is 1. The summed E-state index contributed by atoms with van der Waals surface area (Å²) in [6.45, 7) is 0. The average molecular weight is 316 g/mol. The first-order valence-electron chi connectivity index (χ1n) is 6.82. The molecule has 1 amide bonds. The van der Waals surface area contributed by atoms with Crippen LogP contribution in [0, 0.1) is 0 Å². The number of carbonyl (C=O) groups is 1. The number of nitrogens with two attached hydrogens (primary N) is 1. The highest BCUT2D eigenvalue weighted by atomic mass is 35.5. The average Bonchev–Trinajstić information content (AvgIpc) is 2.55. The van der Waals surface area contributed by atoms with Gasteiger partial charge >= 0.3 is 0 Å². The second-order valence-corrected chi connectivity index (χ2v) is 5.33. The highest BCUT2D eigenvalue weighted by Gasteiger charge is 2.07. The normalized spacial score (nSPS) is 11.3. The largest absolute Gasteiger partial charge is 0.386 e. The molecule has 5 heteroatoms. The molecule has 0 atom stereocenters. The van der Waals surface area contributed by atoms with E-state index in [1.54, 1.807) is 19.0 Å². The van der Waals surface area contributed by atoms with Crippen molar-refractivity contribution in [2.75, 3.05) is 20.0 Å². The minimum absolute atomic E-state index is 0.00668. The Labute approximate surface area is 135 Å². The van der Waals surface area contributed by atoms with Gasteiger partial charge in [0.25, 0.3) is 5.91 Å². The van der Waals surface area contributed by atoms with Crippen molar-refractivity contribution in [3.05, 3.63) is 54.1 Å². The second-order valence-electron chi connectivity index (χ2n) is 5.06. The number of aliphatic imine (C=N–C) groups is 1. The highest BCUT2D eigenvalue weighted by Crippen LogP contribution is 2.23. The minimum Gasteiger partial charge on any atom is -0.386 e. The predicted molar refractivity (Wildman–Crippen MR) is 91.9 cm³/mol. The summed E-state index contributed by atoms with van der Waals surface area (Å²) in [6, 6.07) is 15.2. The molecule has 0 aromatic heterocycles. The van der Waals surface area contributed by atoms with E-state index < -0.39 is 0 Å². The van der Waals surface area contributed by atoms with Gasteiger partial charge in [0.05, 0.1) is 11.6 Å². The maximum Gasteiger partial charge on any atom is 0.253 e. The van der Waals surface area contributed by atoms with Crippen LogP contribution in [0.25, 0.3) is 11.1 Å². The number of rotatable bonds is 4. The van der Waals surface area contributed by atoms with Crippen molar-refractivity contribution in [1.29, 1.82) is 0 Å². The Bertz CT molecular complexity index is 676. The van der Waals surface area contributed by atoms with Crippen LogP contribution >= 0.6 is 11.6 Å². The quantitative estimate of drug-likeness (QED) is 0.535. The van der Waals surface area contributed by atoms with Crippen LogP contribution in [0.4, 0.5) is 5.69 Å². The third kappa shape index (κ3) is 3.86. The lowest BCUT2D eigenvalue weighted by Crippen LogP contribution is -2.21. The lowest BCUT2D eigenvalue weighted by Gasteiger charge is -2.10. The van der Waals surface area contributed by atoms with Gasteiger partial charge in [-0.3, -0.25) is 4.79 Å². The molecule has 0 saturated heterocycles. The molecule has 0 heterocycles. The summed E-state index contributed by atoms with van der Waals surface area (Å²) < 4.78 is 0. The van der Waals surface area contributed by atoms with Gasteiger partial charge in [0.1, 0.15) is 5.84 Å². The number of amidine groups is 1. The summed E-state index contributed by atoms with van der Waals surface area (Å²) in [6.07, 6.45) is 0. The number of hydrogen-bond donors (Lipinski definition) is 1. The Balaban J connectivity index is 2.20. The van der Waals surface area contributed by atoms with Gasteiger partial charge in [-0.1, -0.05) is 24.3 Å². The molecule has 0 bridgehead atoms. The van der Waals surface area contributed by atoms with Gasteiger partial charge in [-0.05, 0) is 35.4 Å². The van der Waals surface area contributed by atoms with Crippen molar-refractivity contribution in [2.45, 2.75) is 0 Å². The molecule has 2 aromatic carbocycles. The number of nitrogens with zero attached hydrogens (tertiary/aromatic N) is 2. The van der Waals surface area contributed by atoms with Crippen molar-refractivity contribution in [3.63, 3.8) is 0 Å². The van der Waals surface area contributed by atoms with Crippen LogP contribution in [-0.2, 0) is 0 Å². The molecule has 2 N–H and O–H groups in total. The van der Waals surface area contributed by atoms with Gasteiger partial charge in [0, 0.05) is 19.7 Å². The SMILES string of the molecule is CN(C)C(=O)c1ccc(-c2ccc(N=C(N)CCl)cc2)cc1. The smallest absolute Gasteiger partial charge is 0.253 e. The first-order valence-corrected chi connectivity index (χ1v) is 7.36. The molecule has 0 aliphatic heterocycles. The second kappa shape index (κ2) is 7.09. The van der Waals surface area contributed by atoms with Gasteiger partial charge in [-0.25, -0.2) is 4.99 Å². The van der Waals surface area contributed by atoms with Crippen molar-refractivity contribution in [1.82, 2.24) is 4.90 Å². The van der Waals surface area contributed by atoms with Gasteiger partial charge in [0.15, 0.2) is 0 Å². The Hall–Kier alpha value is -2.33. The summed E-state index contributed by atoms with van der Waals surface area (Å²) in [5.41, 5.74) is 9.13. The van der Waals surface area contributed by atoms with E-state index in [0.717, 1.165) is 16.8 Å². The third-order valence-corrected chi connectivity index (χ3v) is 3.42. The van der Waals surface area contributed by atoms with Crippen molar-refractivity contribution >= 4 is 29.0 Å². The van der Waals surface area contributed by atoms with Crippen LogP contribution in [0.3, 0.4) is 0 Å². The van der Waals surface area contributed by atoms with Crippen LogP contribution in [-0.4, -0.2) is 36.6 Å². The van der Waals surface area contributed by atoms with Gasteiger partial charge < -0.3 is 10.6 Å². The molecule has 0 aliphatic carbocycles. The van der Waals surface area contributed by atoms with E-state index in [1.165, 1.54) is 0 Å². The molecule has 0 radical (unpaired) electrons. The van der Waals surface area contributed by atoms with E-state index in [-0.39, 0.29) is 11.8 Å². The van der Waals surface area contributed by atoms with E-state index in [1.807, 2.05) is 48.5 Å².